The van der Waals surface area contributed by atoms with Gasteiger partial charge in [-0.15, -0.1) is 11.3 Å². The molecule has 1 heterocycles. The second-order valence-corrected chi connectivity index (χ2v) is 13.0. The first-order chi connectivity index (χ1) is 16.4. The van der Waals surface area contributed by atoms with Gasteiger partial charge in [-0.05, 0) is 99.3 Å². The zero-order valence-corrected chi connectivity index (χ0v) is 22.0. The molecule has 182 valence electrons. The molecule has 0 saturated heterocycles. The Morgan fingerprint density at radius 3 is 1.00 bits per heavy atom. The van der Waals surface area contributed by atoms with Crippen LogP contribution >= 0.6 is 11.3 Å². The van der Waals surface area contributed by atoms with Gasteiger partial charge in [0.2, 0.25) is 0 Å². The van der Waals surface area contributed by atoms with Gasteiger partial charge in [-0.25, -0.2) is 0 Å². The van der Waals surface area contributed by atoms with Crippen molar-refractivity contribution < 1.29 is 0 Å². The van der Waals surface area contributed by atoms with Crippen LogP contribution in [0.3, 0.4) is 0 Å². The van der Waals surface area contributed by atoms with Crippen molar-refractivity contribution in [3.8, 4) is 0 Å². The molecule has 4 aliphatic rings. The van der Waals surface area contributed by atoms with Crippen LogP contribution in [-0.4, -0.2) is 0 Å². The van der Waals surface area contributed by atoms with Gasteiger partial charge in [0.1, 0.15) is 0 Å². The van der Waals surface area contributed by atoms with Gasteiger partial charge in [-0.2, -0.15) is 0 Å². The van der Waals surface area contributed by atoms with E-state index < -0.39 is 0 Å². The Hall–Kier alpha value is -0.820. The second kappa shape index (κ2) is 12.2. The first kappa shape index (κ1) is 23.9. The minimum absolute atomic E-state index is 0.878. The molecule has 0 aromatic carbocycles. The zero-order chi connectivity index (χ0) is 22.3. The smallest absolute Gasteiger partial charge is 0.0276 e. The molecule has 0 bridgehead atoms. The van der Waals surface area contributed by atoms with Crippen LogP contribution in [0.4, 0.5) is 0 Å². The van der Waals surface area contributed by atoms with E-state index in [1.54, 1.807) is 9.75 Å². The monoisotopic (exact) mass is 464 g/mol. The SMILES string of the molecule is C(=C(C1CCCCC1)C1CCCCC1)c1ccc(C=C(C2CCCCC2)C2CCCCC2)s1. The van der Waals surface area contributed by atoms with Crippen LogP contribution < -0.4 is 0 Å². The molecule has 4 aliphatic carbocycles. The molecular formula is C32H48S. The maximum absolute atomic E-state index is 2.69. The van der Waals surface area contributed by atoms with Gasteiger partial charge in [-0.3, -0.25) is 0 Å². The predicted octanol–water partition coefficient (Wildman–Crippen LogP) is 10.8. The van der Waals surface area contributed by atoms with Crippen molar-refractivity contribution >= 4 is 23.5 Å². The number of rotatable bonds is 6. The molecule has 1 aromatic rings. The molecule has 1 aromatic heterocycles. The molecule has 0 amide bonds. The Morgan fingerprint density at radius 1 is 0.455 bits per heavy atom. The van der Waals surface area contributed by atoms with Crippen molar-refractivity contribution in [3.05, 3.63) is 33.0 Å². The summed E-state index contributed by atoms with van der Waals surface area (Å²) in [5.74, 6) is 3.51. The first-order valence-electron chi connectivity index (χ1n) is 14.9. The lowest BCUT2D eigenvalue weighted by atomic mass is 9.73. The van der Waals surface area contributed by atoms with Crippen LogP contribution in [-0.2, 0) is 0 Å². The van der Waals surface area contributed by atoms with Gasteiger partial charge in [0.05, 0.1) is 0 Å². The predicted molar refractivity (Wildman–Crippen MR) is 147 cm³/mol. The van der Waals surface area contributed by atoms with Gasteiger partial charge in [0.15, 0.2) is 0 Å². The molecule has 4 saturated carbocycles. The van der Waals surface area contributed by atoms with Crippen molar-refractivity contribution in [2.75, 3.05) is 0 Å². The molecule has 0 unspecified atom stereocenters. The van der Waals surface area contributed by atoms with Crippen molar-refractivity contribution in [2.24, 2.45) is 23.7 Å². The highest BCUT2D eigenvalue weighted by atomic mass is 32.1. The summed E-state index contributed by atoms with van der Waals surface area (Å²) in [6.07, 6.45) is 34.5. The third-order valence-electron chi connectivity index (χ3n) is 9.57. The largest absolute Gasteiger partial charge is 0.137 e. The van der Waals surface area contributed by atoms with Crippen LogP contribution in [0.5, 0.6) is 0 Å². The van der Waals surface area contributed by atoms with E-state index in [0.717, 1.165) is 23.7 Å². The average Bonchev–Trinajstić information content (AvgIpc) is 3.35. The van der Waals surface area contributed by atoms with Gasteiger partial charge < -0.3 is 0 Å². The summed E-state index contributed by atoms with van der Waals surface area (Å²) in [5, 5.41) is 0. The summed E-state index contributed by atoms with van der Waals surface area (Å²) in [5.41, 5.74) is 3.71. The summed E-state index contributed by atoms with van der Waals surface area (Å²) in [6, 6.07) is 4.92. The third kappa shape index (κ3) is 6.45. The van der Waals surface area contributed by atoms with Crippen molar-refractivity contribution in [3.63, 3.8) is 0 Å². The van der Waals surface area contributed by atoms with Crippen LogP contribution in [0.2, 0.25) is 0 Å². The van der Waals surface area contributed by atoms with Crippen molar-refractivity contribution in [2.45, 2.75) is 128 Å². The number of hydrogen-bond acceptors (Lipinski definition) is 1. The topological polar surface area (TPSA) is 0 Å². The van der Waals surface area contributed by atoms with E-state index in [9.17, 15) is 0 Å². The molecule has 5 rings (SSSR count). The van der Waals surface area contributed by atoms with Gasteiger partial charge in [-0.1, -0.05) is 88.2 Å². The average molecular weight is 465 g/mol. The Bertz CT molecular complexity index is 667. The lowest BCUT2D eigenvalue weighted by Crippen LogP contribution is -2.18. The summed E-state index contributed by atoms with van der Waals surface area (Å²) >= 11 is 2.09. The Kier molecular flexibility index (Phi) is 8.86. The zero-order valence-electron chi connectivity index (χ0n) is 21.2. The fourth-order valence-electron chi connectivity index (χ4n) is 7.73. The maximum Gasteiger partial charge on any atom is 0.0276 e. The molecule has 0 nitrogen and oxygen atoms in total. The normalized spacial score (nSPS) is 24.5. The summed E-state index contributed by atoms with van der Waals surface area (Å²) < 4.78 is 0. The fraction of sp³-hybridized carbons (Fsp3) is 0.750. The highest BCUT2D eigenvalue weighted by Gasteiger charge is 2.27. The molecular weight excluding hydrogens is 416 g/mol. The Balaban J connectivity index is 1.38. The minimum Gasteiger partial charge on any atom is -0.137 e. The Labute approximate surface area is 208 Å². The van der Waals surface area contributed by atoms with E-state index >= 15 is 0 Å². The molecule has 33 heavy (non-hydrogen) atoms. The molecule has 0 radical (unpaired) electrons. The molecule has 0 N–H and O–H groups in total. The quantitative estimate of drug-likeness (QED) is 0.392. The van der Waals surface area contributed by atoms with Crippen LogP contribution in [0.1, 0.15) is 138 Å². The standard InChI is InChI=1S/C32H48S/c1-5-13-25(14-6-1)31(26-15-7-2-8-16-26)23-29-21-22-30(33-29)24-32(27-17-9-3-10-18-27)28-19-11-4-12-20-28/h21-28H,1-20H2. The van der Waals surface area contributed by atoms with E-state index in [1.807, 2.05) is 11.1 Å². The second-order valence-electron chi connectivity index (χ2n) is 11.9. The number of hydrogen-bond donors (Lipinski definition) is 0. The first-order valence-corrected chi connectivity index (χ1v) is 15.7. The van der Waals surface area contributed by atoms with Crippen LogP contribution in [0.25, 0.3) is 12.2 Å². The van der Waals surface area contributed by atoms with Crippen molar-refractivity contribution in [1.29, 1.82) is 0 Å². The van der Waals surface area contributed by atoms with Gasteiger partial charge >= 0.3 is 0 Å². The summed E-state index contributed by atoms with van der Waals surface area (Å²) in [6.45, 7) is 0. The van der Waals surface area contributed by atoms with Crippen LogP contribution in [0.15, 0.2) is 23.3 Å². The highest BCUT2D eigenvalue weighted by Crippen LogP contribution is 2.43. The summed E-state index contributed by atoms with van der Waals surface area (Å²) in [7, 11) is 0. The molecule has 4 fully saturated rings. The van der Waals surface area contributed by atoms with Gasteiger partial charge in [0, 0.05) is 9.75 Å². The fourth-order valence-corrected chi connectivity index (χ4v) is 8.67. The maximum atomic E-state index is 2.69. The molecule has 0 atom stereocenters. The Morgan fingerprint density at radius 2 is 0.727 bits per heavy atom. The number of thiophene rings is 1. The van der Waals surface area contributed by atoms with E-state index in [2.05, 4.69) is 35.6 Å². The van der Waals surface area contributed by atoms with Crippen LogP contribution in [0, 0.1) is 23.7 Å². The third-order valence-corrected chi connectivity index (χ3v) is 10.6. The van der Waals surface area contributed by atoms with E-state index in [-0.39, 0.29) is 0 Å². The lowest BCUT2D eigenvalue weighted by molar-refractivity contribution is 0.329. The molecule has 1 heteroatoms. The minimum atomic E-state index is 0.878. The summed E-state index contributed by atoms with van der Waals surface area (Å²) in [4.78, 5) is 3.08. The number of allylic oxidation sites excluding steroid dienone is 2. The molecule has 0 spiro atoms. The van der Waals surface area contributed by atoms with E-state index in [0.29, 0.717) is 0 Å². The van der Waals surface area contributed by atoms with Gasteiger partial charge in [0.25, 0.3) is 0 Å². The van der Waals surface area contributed by atoms with Crippen molar-refractivity contribution in [1.82, 2.24) is 0 Å². The lowest BCUT2D eigenvalue weighted by Gasteiger charge is -2.32. The van der Waals surface area contributed by atoms with E-state index in [1.165, 1.54) is 128 Å². The molecule has 0 aliphatic heterocycles. The highest BCUT2D eigenvalue weighted by molar-refractivity contribution is 7.13. The van der Waals surface area contributed by atoms with E-state index in [4.69, 9.17) is 0 Å².